The minimum absolute atomic E-state index is 1.07. The molecule has 0 unspecified atom stereocenters. The molecule has 0 spiro atoms. The van der Waals surface area contributed by atoms with Gasteiger partial charge >= 0.3 is 0 Å². The predicted octanol–water partition coefficient (Wildman–Crippen LogP) is 25.0. The minimum atomic E-state index is 1.07. The Bertz CT molecular complexity index is 4700. The van der Waals surface area contributed by atoms with Crippen LogP contribution in [0.1, 0.15) is 16.7 Å². The summed E-state index contributed by atoms with van der Waals surface area (Å²) in [5.74, 6) is 0. The van der Waals surface area contributed by atoms with Crippen LogP contribution in [0.3, 0.4) is 0 Å². The zero-order chi connectivity index (χ0) is 62.2. The number of hydrogen-bond acceptors (Lipinski definition) is 5. The third-order valence-electron chi connectivity index (χ3n) is 17.0. The molecule has 442 valence electrons. The molecule has 0 N–H and O–H groups in total. The van der Waals surface area contributed by atoms with E-state index in [1.54, 1.807) is 0 Å². The number of nitrogens with zero attached hydrogens (tertiary/aromatic N) is 5. The van der Waals surface area contributed by atoms with Crippen molar-refractivity contribution in [1.29, 1.82) is 0 Å². The standard InChI is InChI=1S/C87H69N5/c1-64-30-44-77(45-31-64)90(82-54-40-71(41-55-82)68-36-50-80(51-37-68)89(74-22-10-5-11-23-74)84-58-60-85(61-59-84)92(76-26-14-7-15-27-76)87-29-17-19-66(3)63-87)81-52-38-70(39-53-81)67-32-46-78(47-33-67)88(73-20-8-4-9-21-73)79-48-34-69(35-49-79)72-42-56-83(57-43-72)91(75-24-12-6-13-25-75)86-28-16-18-65(2)62-86/h4-63H,1-3H3. The lowest BCUT2D eigenvalue weighted by Gasteiger charge is -2.28. The number of hydrogen-bond donors (Lipinski definition) is 0. The van der Waals surface area contributed by atoms with Gasteiger partial charge in [-0.1, -0.05) is 188 Å². The van der Waals surface area contributed by atoms with Gasteiger partial charge in [0.05, 0.1) is 0 Å². The average Bonchev–Trinajstić information content (AvgIpc) is 1.02. The Morgan fingerprint density at radius 2 is 0.293 bits per heavy atom. The zero-order valence-corrected chi connectivity index (χ0v) is 51.9. The number of aryl methyl sites for hydroxylation is 3. The highest BCUT2D eigenvalue weighted by molar-refractivity contribution is 5.86. The van der Waals surface area contributed by atoms with E-state index in [4.69, 9.17) is 0 Å². The van der Waals surface area contributed by atoms with Crippen molar-refractivity contribution < 1.29 is 0 Å². The smallest absolute Gasteiger partial charge is 0.0464 e. The van der Waals surface area contributed by atoms with Gasteiger partial charge in [-0.2, -0.15) is 0 Å². The van der Waals surface area contributed by atoms with Crippen molar-refractivity contribution in [3.63, 3.8) is 0 Å². The first-order valence-corrected chi connectivity index (χ1v) is 31.5. The number of benzene rings is 14. The van der Waals surface area contributed by atoms with Gasteiger partial charge in [0, 0.05) is 85.3 Å². The molecule has 0 heterocycles. The van der Waals surface area contributed by atoms with E-state index in [0.717, 1.165) is 119 Å². The van der Waals surface area contributed by atoms with Crippen molar-refractivity contribution >= 4 is 85.3 Å². The van der Waals surface area contributed by atoms with Crippen molar-refractivity contribution in [2.45, 2.75) is 20.8 Å². The zero-order valence-electron chi connectivity index (χ0n) is 51.9. The quantitative estimate of drug-likeness (QED) is 0.0849. The van der Waals surface area contributed by atoms with Crippen LogP contribution in [0.25, 0.3) is 33.4 Å². The highest BCUT2D eigenvalue weighted by Crippen LogP contribution is 2.43. The molecule has 0 fully saturated rings. The van der Waals surface area contributed by atoms with Gasteiger partial charge < -0.3 is 24.5 Å². The van der Waals surface area contributed by atoms with Crippen molar-refractivity contribution in [2.24, 2.45) is 0 Å². The van der Waals surface area contributed by atoms with E-state index >= 15 is 0 Å². The SMILES string of the molecule is Cc1ccc(N(c2ccc(-c3ccc(N(c4ccccc4)c4ccc(-c5ccc(N(c6ccccc6)c6cccc(C)c6)cc5)cc4)cc3)cc2)c2ccc(-c3ccc(N(c4ccccc4)c4ccc(N(c5ccccc5)c5cccc(C)c5)cc4)cc3)cc2)cc1. The normalized spacial score (nSPS) is 11.0. The molecule has 0 aliphatic rings. The van der Waals surface area contributed by atoms with Crippen LogP contribution in [-0.4, -0.2) is 0 Å². The van der Waals surface area contributed by atoms with Crippen LogP contribution >= 0.6 is 0 Å². The van der Waals surface area contributed by atoms with E-state index in [2.05, 4.69) is 409 Å². The molecule has 92 heavy (non-hydrogen) atoms. The highest BCUT2D eigenvalue weighted by atomic mass is 15.2. The van der Waals surface area contributed by atoms with E-state index in [1.807, 2.05) is 0 Å². The minimum Gasteiger partial charge on any atom is -0.311 e. The van der Waals surface area contributed by atoms with Gasteiger partial charge in [-0.3, -0.25) is 0 Å². The second kappa shape index (κ2) is 26.4. The third-order valence-corrected chi connectivity index (χ3v) is 17.0. The maximum Gasteiger partial charge on any atom is 0.0464 e. The number of rotatable bonds is 18. The van der Waals surface area contributed by atoms with Crippen molar-refractivity contribution in [3.05, 3.63) is 381 Å². The summed E-state index contributed by atoms with van der Waals surface area (Å²) in [6, 6.07) is 131. The molecule has 0 amide bonds. The molecule has 5 nitrogen and oxygen atoms in total. The summed E-state index contributed by atoms with van der Waals surface area (Å²) in [6.07, 6.45) is 0. The second-order valence-corrected chi connectivity index (χ2v) is 23.3. The van der Waals surface area contributed by atoms with Crippen molar-refractivity contribution in [2.75, 3.05) is 24.5 Å². The molecule has 0 bridgehead atoms. The fraction of sp³-hybridized carbons (Fsp3) is 0.0345. The Hall–Kier alpha value is -11.9. The summed E-state index contributed by atoms with van der Waals surface area (Å²) < 4.78 is 0. The second-order valence-electron chi connectivity index (χ2n) is 23.3. The van der Waals surface area contributed by atoms with E-state index < -0.39 is 0 Å². The maximum atomic E-state index is 2.34. The number of anilines is 15. The van der Waals surface area contributed by atoms with E-state index in [1.165, 1.54) is 16.7 Å². The summed E-state index contributed by atoms with van der Waals surface area (Å²) in [7, 11) is 0. The van der Waals surface area contributed by atoms with Gasteiger partial charge in [0.1, 0.15) is 0 Å². The van der Waals surface area contributed by atoms with Crippen LogP contribution in [0, 0.1) is 20.8 Å². The molecular weight excluding hydrogens is 1110 g/mol. The van der Waals surface area contributed by atoms with E-state index in [9.17, 15) is 0 Å². The van der Waals surface area contributed by atoms with Crippen LogP contribution in [0.4, 0.5) is 85.3 Å². The first-order valence-electron chi connectivity index (χ1n) is 31.5. The van der Waals surface area contributed by atoms with Crippen molar-refractivity contribution in [3.8, 4) is 33.4 Å². The molecule has 0 aliphatic heterocycles. The van der Waals surface area contributed by atoms with Crippen LogP contribution in [-0.2, 0) is 0 Å². The first kappa shape index (κ1) is 57.8. The van der Waals surface area contributed by atoms with Gasteiger partial charge in [-0.25, -0.2) is 0 Å². The summed E-state index contributed by atoms with van der Waals surface area (Å²) in [4.78, 5) is 11.6. The topological polar surface area (TPSA) is 16.2 Å². The molecule has 0 radical (unpaired) electrons. The van der Waals surface area contributed by atoms with Crippen molar-refractivity contribution in [1.82, 2.24) is 0 Å². The van der Waals surface area contributed by atoms with E-state index in [-0.39, 0.29) is 0 Å². The molecule has 0 saturated heterocycles. The Labute approximate surface area is 541 Å². The Morgan fingerprint density at radius 1 is 0.130 bits per heavy atom. The largest absolute Gasteiger partial charge is 0.311 e. The molecule has 0 aromatic heterocycles. The van der Waals surface area contributed by atoms with Crippen LogP contribution in [0.5, 0.6) is 0 Å². The molecule has 0 aliphatic carbocycles. The fourth-order valence-electron chi connectivity index (χ4n) is 12.3. The van der Waals surface area contributed by atoms with Crippen LogP contribution < -0.4 is 24.5 Å². The third kappa shape index (κ3) is 12.6. The summed E-state index contributed by atoms with van der Waals surface area (Å²) in [5, 5.41) is 0. The Balaban J connectivity index is 0.694. The summed E-state index contributed by atoms with van der Waals surface area (Å²) in [6.45, 7) is 6.42. The summed E-state index contributed by atoms with van der Waals surface area (Å²) >= 11 is 0. The Morgan fingerprint density at radius 3 is 0.500 bits per heavy atom. The maximum absolute atomic E-state index is 2.34. The van der Waals surface area contributed by atoms with Gasteiger partial charge in [0.15, 0.2) is 0 Å². The number of para-hydroxylation sites is 4. The molecule has 14 aromatic rings. The molecular formula is C87H69N5. The average molecular weight is 1180 g/mol. The fourth-order valence-corrected chi connectivity index (χ4v) is 12.3. The lowest BCUT2D eigenvalue weighted by Crippen LogP contribution is -2.12. The van der Waals surface area contributed by atoms with Gasteiger partial charge in [0.25, 0.3) is 0 Å². The van der Waals surface area contributed by atoms with Gasteiger partial charge in [0.2, 0.25) is 0 Å². The predicted molar refractivity (Wildman–Crippen MR) is 390 cm³/mol. The molecule has 14 aromatic carbocycles. The molecule has 0 atom stereocenters. The lowest BCUT2D eigenvalue weighted by molar-refractivity contribution is 1.25. The molecule has 14 rings (SSSR count). The Kier molecular flexibility index (Phi) is 16.6. The highest BCUT2D eigenvalue weighted by Gasteiger charge is 2.20. The van der Waals surface area contributed by atoms with E-state index in [0.29, 0.717) is 0 Å². The van der Waals surface area contributed by atoms with Crippen LogP contribution in [0.2, 0.25) is 0 Å². The van der Waals surface area contributed by atoms with Crippen LogP contribution in [0.15, 0.2) is 364 Å². The summed E-state index contributed by atoms with van der Waals surface area (Å²) in [5.41, 5.74) is 27.0. The first-order chi connectivity index (χ1) is 45.3. The molecule has 0 saturated carbocycles. The monoisotopic (exact) mass is 1180 g/mol. The van der Waals surface area contributed by atoms with Gasteiger partial charge in [-0.05, 0) is 247 Å². The molecule has 5 heteroatoms. The van der Waals surface area contributed by atoms with Gasteiger partial charge in [-0.15, -0.1) is 0 Å². The lowest BCUT2D eigenvalue weighted by atomic mass is 10.0.